The van der Waals surface area contributed by atoms with Crippen molar-refractivity contribution in [3.63, 3.8) is 0 Å². The Morgan fingerprint density at radius 1 is 1.31 bits per heavy atom. The van der Waals surface area contributed by atoms with E-state index >= 15 is 0 Å². The Balaban J connectivity index is 2.91. The molecule has 0 spiro atoms. The fraction of sp³-hybridized carbons (Fsp3) is 0.769. The molecule has 1 aromatic heterocycles. The van der Waals surface area contributed by atoms with Crippen LogP contribution in [0.25, 0.3) is 0 Å². The van der Waals surface area contributed by atoms with Gasteiger partial charge < -0.3 is 10.3 Å². The highest BCUT2D eigenvalue weighted by Crippen LogP contribution is 2.19. The number of rotatable bonds is 6. The van der Waals surface area contributed by atoms with Crippen molar-refractivity contribution in [2.45, 2.75) is 59.9 Å². The topological polar surface area (TPSA) is 43.8 Å². The lowest BCUT2D eigenvalue weighted by molar-refractivity contribution is 0.513. The Morgan fingerprint density at radius 3 is 2.50 bits per heavy atom. The zero-order valence-electron chi connectivity index (χ0n) is 11.1. The minimum Gasteiger partial charge on any atom is -0.384 e. The number of hydrogen-bond acceptors (Lipinski definition) is 2. The molecular weight excluding hydrogens is 198 g/mol. The number of nitrogen functional groups attached to an aromatic ring is 1. The van der Waals surface area contributed by atoms with Crippen molar-refractivity contribution in [1.82, 2.24) is 9.55 Å². The number of unbranched alkanes of at least 4 members (excludes halogenated alkanes) is 1. The molecule has 2 N–H and O–H groups in total. The van der Waals surface area contributed by atoms with Gasteiger partial charge in [-0.2, -0.15) is 0 Å². The van der Waals surface area contributed by atoms with Crippen LogP contribution in [-0.4, -0.2) is 9.55 Å². The molecule has 92 valence electrons. The first-order valence-electron chi connectivity index (χ1n) is 6.43. The van der Waals surface area contributed by atoms with Gasteiger partial charge in [0.05, 0.1) is 5.69 Å². The fourth-order valence-corrected chi connectivity index (χ4v) is 1.94. The molecule has 0 aliphatic rings. The van der Waals surface area contributed by atoms with Gasteiger partial charge in [0.15, 0.2) is 0 Å². The summed E-state index contributed by atoms with van der Waals surface area (Å²) in [6.07, 6.45) is 4.34. The second-order valence-corrected chi connectivity index (χ2v) is 4.82. The van der Waals surface area contributed by atoms with Crippen LogP contribution in [0.1, 0.15) is 52.1 Å². The van der Waals surface area contributed by atoms with Gasteiger partial charge in [-0.3, -0.25) is 0 Å². The maximum Gasteiger partial charge on any atom is 0.126 e. The summed E-state index contributed by atoms with van der Waals surface area (Å²) in [6, 6.07) is 0. The molecule has 16 heavy (non-hydrogen) atoms. The lowest BCUT2D eigenvalue weighted by Gasteiger charge is -2.11. The molecule has 0 aliphatic carbocycles. The molecule has 0 radical (unpaired) electrons. The summed E-state index contributed by atoms with van der Waals surface area (Å²) in [7, 11) is 0. The van der Waals surface area contributed by atoms with Gasteiger partial charge in [0.1, 0.15) is 11.6 Å². The van der Waals surface area contributed by atoms with Crippen LogP contribution >= 0.6 is 0 Å². The number of hydrogen-bond donors (Lipinski definition) is 1. The third-order valence-corrected chi connectivity index (χ3v) is 2.79. The Kier molecular flexibility index (Phi) is 4.84. The van der Waals surface area contributed by atoms with Crippen LogP contribution in [0.4, 0.5) is 5.82 Å². The quantitative estimate of drug-likeness (QED) is 0.805. The summed E-state index contributed by atoms with van der Waals surface area (Å²) in [4.78, 5) is 4.66. The molecule has 0 fully saturated rings. The monoisotopic (exact) mass is 223 g/mol. The number of anilines is 1. The van der Waals surface area contributed by atoms with Gasteiger partial charge in [-0.05, 0) is 18.8 Å². The van der Waals surface area contributed by atoms with Gasteiger partial charge >= 0.3 is 0 Å². The minimum absolute atomic E-state index is 0.612. The third kappa shape index (κ3) is 3.00. The van der Waals surface area contributed by atoms with E-state index in [0.717, 1.165) is 36.7 Å². The molecule has 0 unspecified atom stereocenters. The number of aromatic nitrogens is 2. The van der Waals surface area contributed by atoms with Crippen LogP contribution in [0.15, 0.2) is 0 Å². The third-order valence-electron chi connectivity index (χ3n) is 2.79. The van der Waals surface area contributed by atoms with Crippen molar-refractivity contribution in [1.29, 1.82) is 0 Å². The van der Waals surface area contributed by atoms with Gasteiger partial charge in [0.25, 0.3) is 0 Å². The predicted octanol–water partition coefficient (Wildman–Crippen LogP) is 3.03. The molecule has 3 nitrogen and oxygen atoms in total. The van der Waals surface area contributed by atoms with Gasteiger partial charge in [-0.15, -0.1) is 0 Å². The van der Waals surface area contributed by atoms with Crippen molar-refractivity contribution >= 4 is 5.82 Å². The van der Waals surface area contributed by atoms with Crippen molar-refractivity contribution in [2.24, 2.45) is 5.92 Å². The second kappa shape index (κ2) is 5.92. The van der Waals surface area contributed by atoms with E-state index < -0.39 is 0 Å². The van der Waals surface area contributed by atoms with E-state index in [1.807, 2.05) is 0 Å². The van der Waals surface area contributed by atoms with Gasteiger partial charge in [-0.1, -0.05) is 34.1 Å². The molecule has 0 bridgehead atoms. The lowest BCUT2D eigenvalue weighted by Crippen LogP contribution is -2.11. The molecule has 0 amide bonds. The molecule has 1 heterocycles. The molecule has 0 atom stereocenters. The Morgan fingerprint density at radius 2 is 2.00 bits per heavy atom. The van der Waals surface area contributed by atoms with E-state index in [9.17, 15) is 0 Å². The molecular formula is C13H25N3. The lowest BCUT2D eigenvalue weighted by atomic mass is 10.2. The van der Waals surface area contributed by atoms with Crippen LogP contribution in [0.3, 0.4) is 0 Å². The van der Waals surface area contributed by atoms with Crippen molar-refractivity contribution in [2.75, 3.05) is 5.73 Å². The Hall–Kier alpha value is -0.990. The molecule has 0 saturated carbocycles. The van der Waals surface area contributed by atoms with Crippen LogP contribution in [0, 0.1) is 5.92 Å². The summed E-state index contributed by atoms with van der Waals surface area (Å²) < 4.78 is 2.19. The highest BCUT2D eigenvalue weighted by atomic mass is 15.1. The number of nitrogens with two attached hydrogens (primary N) is 1. The predicted molar refractivity (Wildman–Crippen MR) is 69.5 cm³/mol. The van der Waals surface area contributed by atoms with Gasteiger partial charge in [0, 0.05) is 13.0 Å². The summed E-state index contributed by atoms with van der Waals surface area (Å²) in [6.45, 7) is 9.74. The maximum atomic E-state index is 6.17. The smallest absolute Gasteiger partial charge is 0.126 e. The zero-order valence-corrected chi connectivity index (χ0v) is 11.1. The maximum absolute atomic E-state index is 6.17. The fourth-order valence-electron chi connectivity index (χ4n) is 1.94. The minimum atomic E-state index is 0.612. The molecule has 3 heteroatoms. The summed E-state index contributed by atoms with van der Waals surface area (Å²) in [5, 5.41) is 0. The number of aryl methyl sites for hydroxylation is 2. The SMILES string of the molecule is CCCCc1nc(CC)n(CC(C)C)c1N. The first-order valence-corrected chi connectivity index (χ1v) is 6.43. The number of nitrogens with zero attached hydrogens (tertiary/aromatic N) is 2. The van der Waals surface area contributed by atoms with E-state index in [1.165, 1.54) is 12.8 Å². The van der Waals surface area contributed by atoms with Crippen LogP contribution < -0.4 is 5.73 Å². The van der Waals surface area contributed by atoms with E-state index in [4.69, 9.17) is 5.73 Å². The number of imidazole rings is 1. The largest absolute Gasteiger partial charge is 0.384 e. The highest BCUT2D eigenvalue weighted by Gasteiger charge is 2.13. The van der Waals surface area contributed by atoms with Crippen molar-refractivity contribution in [3.8, 4) is 0 Å². The molecule has 0 aliphatic heterocycles. The standard InChI is InChI=1S/C13H25N3/c1-5-7-8-11-13(14)16(9-10(3)4)12(6-2)15-11/h10H,5-9,14H2,1-4H3. The van der Waals surface area contributed by atoms with Crippen LogP contribution in [0.2, 0.25) is 0 Å². The van der Waals surface area contributed by atoms with E-state index in [1.54, 1.807) is 0 Å². The van der Waals surface area contributed by atoms with Crippen LogP contribution in [-0.2, 0) is 19.4 Å². The Bertz CT molecular complexity index is 326. The normalized spacial score (nSPS) is 11.3. The first-order chi connectivity index (χ1) is 7.60. The van der Waals surface area contributed by atoms with Crippen molar-refractivity contribution < 1.29 is 0 Å². The summed E-state index contributed by atoms with van der Waals surface area (Å²) >= 11 is 0. The first kappa shape index (κ1) is 13.1. The molecule has 1 rings (SSSR count). The van der Waals surface area contributed by atoms with Gasteiger partial charge in [-0.25, -0.2) is 4.98 Å². The highest BCUT2D eigenvalue weighted by molar-refractivity contribution is 5.38. The van der Waals surface area contributed by atoms with Crippen LogP contribution in [0.5, 0.6) is 0 Å². The van der Waals surface area contributed by atoms with E-state index in [2.05, 4.69) is 37.2 Å². The average molecular weight is 223 g/mol. The molecule has 0 aromatic carbocycles. The summed E-state index contributed by atoms with van der Waals surface area (Å²) in [5.41, 5.74) is 7.27. The van der Waals surface area contributed by atoms with E-state index in [-0.39, 0.29) is 0 Å². The zero-order chi connectivity index (χ0) is 12.1. The molecule has 1 aromatic rings. The summed E-state index contributed by atoms with van der Waals surface area (Å²) in [5.74, 6) is 2.64. The van der Waals surface area contributed by atoms with E-state index in [0.29, 0.717) is 5.92 Å². The average Bonchev–Trinajstić information content (AvgIpc) is 2.53. The van der Waals surface area contributed by atoms with Gasteiger partial charge in [0.2, 0.25) is 0 Å². The van der Waals surface area contributed by atoms with Crippen molar-refractivity contribution in [3.05, 3.63) is 11.5 Å². The molecule has 0 saturated heterocycles. The second-order valence-electron chi connectivity index (χ2n) is 4.82. The Labute approximate surface area is 99.1 Å².